The van der Waals surface area contributed by atoms with E-state index in [2.05, 4.69) is 38.7 Å². The Balaban J connectivity index is 1.69. The average molecular weight is 523 g/mol. The molecule has 36 heavy (non-hydrogen) atoms. The number of aliphatic hydroxyl groups excluding tert-OH is 3. The monoisotopic (exact) mass is 522 g/mol. The summed E-state index contributed by atoms with van der Waals surface area (Å²) in [6, 6.07) is 0. The van der Waals surface area contributed by atoms with Crippen molar-refractivity contribution in [3.8, 4) is 0 Å². The number of hydrogen-bond acceptors (Lipinski definition) is 6. The van der Waals surface area contributed by atoms with E-state index in [0.717, 1.165) is 36.8 Å². The maximum absolute atomic E-state index is 12.7. The van der Waals surface area contributed by atoms with Crippen molar-refractivity contribution in [3.63, 3.8) is 0 Å². The van der Waals surface area contributed by atoms with E-state index in [1.165, 1.54) is 12.0 Å². The van der Waals surface area contributed by atoms with Crippen molar-refractivity contribution in [1.29, 1.82) is 0 Å². The minimum Gasteiger partial charge on any atom is -0.393 e. The highest BCUT2D eigenvalue weighted by Gasteiger charge is 2.50. The Kier molecular flexibility index (Phi) is 10.4. The Morgan fingerprint density at radius 2 is 1.86 bits per heavy atom. The van der Waals surface area contributed by atoms with E-state index in [1.54, 1.807) is 19.9 Å². The molecule has 204 valence electrons. The van der Waals surface area contributed by atoms with Gasteiger partial charge in [-0.05, 0) is 86.7 Å². The standard InChI is InChI=1S/C29H47O6P/c1-6-34-36(33,35-7-2)19-24(30)13-10-20(3)26-14-15-27-22(9-8-16-29(26,27)5)11-12-23-17-25(31)18-28(32)21(23)4/h10-13,20,24-28,30-32H,4,6-9,14-19H2,1-3,5H3/b13-10+,22-11+,23-12-/t20-,24-,25-,26-,27+,28+,29-/m1/s1. The van der Waals surface area contributed by atoms with Gasteiger partial charge in [0, 0.05) is 6.42 Å². The van der Waals surface area contributed by atoms with Gasteiger partial charge < -0.3 is 24.4 Å². The summed E-state index contributed by atoms with van der Waals surface area (Å²) in [5, 5.41) is 30.8. The van der Waals surface area contributed by atoms with Gasteiger partial charge in [-0.15, -0.1) is 0 Å². The van der Waals surface area contributed by atoms with E-state index in [9.17, 15) is 19.9 Å². The molecule has 0 aromatic carbocycles. The Morgan fingerprint density at radius 1 is 1.17 bits per heavy atom. The molecule has 0 aromatic heterocycles. The van der Waals surface area contributed by atoms with Gasteiger partial charge in [-0.2, -0.15) is 0 Å². The molecule has 0 saturated heterocycles. The van der Waals surface area contributed by atoms with Crippen LogP contribution >= 0.6 is 7.60 Å². The van der Waals surface area contributed by atoms with Gasteiger partial charge in [-0.1, -0.05) is 50.3 Å². The third-order valence-electron chi connectivity index (χ3n) is 8.64. The van der Waals surface area contributed by atoms with E-state index in [4.69, 9.17) is 9.05 Å². The van der Waals surface area contributed by atoms with Crippen LogP contribution in [-0.2, 0) is 13.6 Å². The summed E-state index contributed by atoms with van der Waals surface area (Å²) in [6.45, 7) is 12.8. The maximum atomic E-state index is 12.7. The molecule has 0 aliphatic heterocycles. The van der Waals surface area contributed by atoms with Crippen LogP contribution < -0.4 is 0 Å². The van der Waals surface area contributed by atoms with Crippen LogP contribution in [0.25, 0.3) is 0 Å². The molecule has 0 spiro atoms. The van der Waals surface area contributed by atoms with E-state index < -0.39 is 25.9 Å². The smallest absolute Gasteiger partial charge is 0.333 e. The lowest BCUT2D eigenvalue weighted by molar-refractivity contribution is 0.0862. The first kappa shape index (κ1) is 29.5. The van der Waals surface area contributed by atoms with Gasteiger partial charge in [0.05, 0.1) is 37.7 Å². The van der Waals surface area contributed by atoms with Crippen molar-refractivity contribution in [3.05, 3.63) is 47.6 Å². The zero-order valence-corrected chi connectivity index (χ0v) is 23.5. The molecular formula is C29H47O6P. The molecule has 0 aromatic rings. The van der Waals surface area contributed by atoms with Crippen LogP contribution in [-0.4, -0.2) is 53.0 Å². The van der Waals surface area contributed by atoms with Crippen LogP contribution in [0, 0.1) is 23.2 Å². The fourth-order valence-corrected chi connectivity index (χ4v) is 8.52. The molecule has 0 heterocycles. The lowest BCUT2D eigenvalue weighted by atomic mass is 9.61. The molecule has 7 atom stereocenters. The fourth-order valence-electron chi connectivity index (χ4n) is 6.87. The molecular weight excluding hydrogens is 475 g/mol. The summed E-state index contributed by atoms with van der Waals surface area (Å²) in [5.41, 5.74) is 3.34. The number of rotatable bonds is 10. The SMILES string of the molecule is C=C1/C(=C\C=C2/CCC[C@]3(C)[C@@H]([C@H](C)/C=C/[C@@H](O)CP(=O)(OCC)OCC)CC[C@@H]23)C[C@@H](O)C[C@@H]1O. The van der Waals surface area contributed by atoms with Gasteiger partial charge in [-0.25, -0.2) is 0 Å². The first-order chi connectivity index (χ1) is 17.0. The molecule has 3 N–H and O–H groups in total. The largest absolute Gasteiger partial charge is 0.393 e. The molecule has 3 aliphatic rings. The second-order valence-electron chi connectivity index (χ2n) is 11.1. The molecule has 0 bridgehead atoms. The van der Waals surface area contributed by atoms with E-state index in [-0.39, 0.29) is 30.7 Å². The van der Waals surface area contributed by atoms with E-state index in [1.807, 2.05) is 0 Å². The normalized spacial score (nSPS) is 35.5. The quantitative estimate of drug-likeness (QED) is 0.243. The highest BCUT2D eigenvalue weighted by Crippen LogP contribution is 2.59. The van der Waals surface area contributed by atoms with Crippen LogP contribution in [0.4, 0.5) is 0 Å². The van der Waals surface area contributed by atoms with Gasteiger partial charge in [0.25, 0.3) is 0 Å². The summed E-state index contributed by atoms with van der Waals surface area (Å²) >= 11 is 0. The van der Waals surface area contributed by atoms with Crippen molar-refractivity contribution in [2.45, 2.75) is 91.0 Å². The zero-order valence-electron chi connectivity index (χ0n) is 22.6. The van der Waals surface area contributed by atoms with Crippen molar-refractivity contribution in [1.82, 2.24) is 0 Å². The van der Waals surface area contributed by atoms with E-state index in [0.29, 0.717) is 24.7 Å². The molecule has 3 aliphatic carbocycles. The predicted molar refractivity (Wildman–Crippen MR) is 145 cm³/mol. The first-order valence-electron chi connectivity index (χ1n) is 13.7. The molecule has 3 rings (SSSR count). The minimum absolute atomic E-state index is 0.0291. The summed E-state index contributed by atoms with van der Waals surface area (Å²) in [6.07, 6.45) is 12.7. The molecule has 0 amide bonds. The molecule has 3 saturated carbocycles. The molecule has 0 unspecified atom stereocenters. The predicted octanol–water partition coefficient (Wildman–Crippen LogP) is 5.95. The number of allylic oxidation sites excluding steroid dienone is 4. The number of hydrogen-bond donors (Lipinski definition) is 3. The van der Waals surface area contributed by atoms with Crippen molar-refractivity contribution < 1.29 is 28.9 Å². The number of fused-ring (bicyclic) bond motifs is 1. The second kappa shape index (κ2) is 12.7. The Labute approximate surface area is 217 Å². The Hall–Kier alpha value is -1.01. The van der Waals surface area contributed by atoms with Gasteiger partial charge in [0.2, 0.25) is 0 Å². The van der Waals surface area contributed by atoms with Crippen molar-refractivity contribution in [2.75, 3.05) is 19.4 Å². The lowest BCUT2D eigenvalue weighted by Crippen LogP contribution is -2.35. The minimum atomic E-state index is -3.29. The van der Waals surface area contributed by atoms with Crippen LogP contribution in [0.15, 0.2) is 47.6 Å². The topological polar surface area (TPSA) is 96.2 Å². The first-order valence-corrected chi connectivity index (χ1v) is 15.4. The molecule has 0 radical (unpaired) electrons. The van der Waals surface area contributed by atoms with Crippen molar-refractivity contribution >= 4 is 7.60 Å². The Morgan fingerprint density at radius 3 is 2.53 bits per heavy atom. The third-order valence-corrected chi connectivity index (χ3v) is 10.8. The highest BCUT2D eigenvalue weighted by molar-refractivity contribution is 7.53. The average Bonchev–Trinajstić information content (AvgIpc) is 3.16. The van der Waals surface area contributed by atoms with Gasteiger partial charge >= 0.3 is 7.60 Å². The zero-order chi connectivity index (χ0) is 26.5. The third kappa shape index (κ3) is 6.89. The Bertz CT molecular complexity index is 897. The highest BCUT2D eigenvalue weighted by atomic mass is 31.2. The lowest BCUT2D eigenvalue weighted by Gasteiger charge is -2.44. The summed E-state index contributed by atoms with van der Waals surface area (Å²) < 4.78 is 23.4. The van der Waals surface area contributed by atoms with Gasteiger partial charge in [0.15, 0.2) is 0 Å². The van der Waals surface area contributed by atoms with Crippen LogP contribution in [0.2, 0.25) is 0 Å². The van der Waals surface area contributed by atoms with Gasteiger partial charge in [0.1, 0.15) is 0 Å². The second-order valence-corrected chi connectivity index (χ2v) is 13.2. The number of aliphatic hydroxyl groups is 3. The summed E-state index contributed by atoms with van der Waals surface area (Å²) in [5.74, 6) is 1.30. The maximum Gasteiger partial charge on any atom is 0.333 e. The van der Waals surface area contributed by atoms with E-state index >= 15 is 0 Å². The molecule has 7 heteroatoms. The van der Waals surface area contributed by atoms with Crippen molar-refractivity contribution in [2.24, 2.45) is 23.2 Å². The molecule has 3 fully saturated rings. The summed E-state index contributed by atoms with van der Waals surface area (Å²) in [4.78, 5) is 0. The van der Waals surface area contributed by atoms with Gasteiger partial charge in [-0.3, -0.25) is 4.57 Å². The fraction of sp³-hybridized carbons (Fsp3) is 0.724. The van der Waals surface area contributed by atoms with Crippen LogP contribution in [0.3, 0.4) is 0 Å². The van der Waals surface area contributed by atoms with Crippen LogP contribution in [0.1, 0.15) is 72.6 Å². The molecule has 6 nitrogen and oxygen atoms in total. The summed E-state index contributed by atoms with van der Waals surface area (Å²) in [7, 11) is -3.29. The van der Waals surface area contributed by atoms with Crippen LogP contribution in [0.5, 0.6) is 0 Å².